The fraction of sp³-hybridized carbons (Fsp3) is 0. The van der Waals surface area contributed by atoms with Crippen molar-refractivity contribution in [3.8, 4) is 73.0 Å². The molecule has 12 aromatic carbocycles. The van der Waals surface area contributed by atoms with E-state index in [0.29, 0.717) is 5.82 Å². The van der Waals surface area contributed by atoms with Crippen LogP contribution in [0, 0.1) is 0 Å². The summed E-state index contributed by atoms with van der Waals surface area (Å²) in [6.45, 7) is 0.00319. The van der Waals surface area contributed by atoms with Gasteiger partial charge in [0.15, 0.2) is 5.82 Å². The molecule has 2 aromatic heterocycles. The van der Waals surface area contributed by atoms with Gasteiger partial charge in [-0.1, -0.05) is 224 Å². The van der Waals surface area contributed by atoms with Crippen LogP contribution in [-0.2, 0) is 0 Å². The third-order valence-electron chi connectivity index (χ3n) is 16.6. The number of nitrogens with zero attached hydrogens (tertiary/aromatic N) is 5. The fourth-order valence-corrected chi connectivity index (χ4v) is 12.9. The average Bonchev–Trinajstić information content (AvgIpc) is 2.90. The molecule has 5 nitrogen and oxygen atoms in total. The average molecular weight is 1040 g/mol. The second kappa shape index (κ2) is 19.5. The van der Waals surface area contributed by atoms with Crippen molar-refractivity contribution in [2.45, 2.75) is 0 Å². The molecule has 0 amide bonds. The Balaban J connectivity index is 0.916. The molecule has 0 unspecified atom stereocenters. The van der Waals surface area contributed by atoms with Crippen LogP contribution < -0.4 is 26.2 Å². The molecule has 0 saturated carbocycles. The standard InChI is InChI=1S/C76H50BN5/c1-6-22-51(23-7-1)56-42-45-70-63(48-56)61-32-16-19-35-68(61)82(70)69-46-43-57(67-50-66(54-24-8-2-9-25-54)78-76(79-67)55-26-10-3-11-27-55)49-62(69)53-40-38-52(39-41-53)60-44-47-73-74-75(60)81(59-30-14-5-15-31-59)72-37-21-18-34-65(72)77(74)64-33-17-20-36-71(64)80(73)58-28-12-4-13-29-58/h1-50H. The molecule has 14 aromatic rings. The van der Waals surface area contributed by atoms with E-state index in [1.807, 2.05) is 24.3 Å². The van der Waals surface area contributed by atoms with Crippen molar-refractivity contribution in [3.63, 3.8) is 0 Å². The molecule has 0 saturated heterocycles. The van der Waals surface area contributed by atoms with Gasteiger partial charge in [-0.05, 0) is 118 Å². The van der Waals surface area contributed by atoms with Gasteiger partial charge in [-0.25, -0.2) is 9.97 Å². The zero-order chi connectivity index (χ0) is 54.1. The number of rotatable bonds is 9. The van der Waals surface area contributed by atoms with E-state index in [1.165, 1.54) is 61.0 Å². The smallest absolute Gasteiger partial charge is 0.252 e. The van der Waals surface area contributed by atoms with E-state index < -0.39 is 0 Å². The molecule has 0 fully saturated rings. The van der Waals surface area contributed by atoms with Crippen LogP contribution in [0.2, 0.25) is 0 Å². The molecule has 2 aliphatic heterocycles. The first-order chi connectivity index (χ1) is 40.7. The summed E-state index contributed by atoms with van der Waals surface area (Å²) in [5.74, 6) is 0.683. The van der Waals surface area contributed by atoms with Gasteiger partial charge in [0.05, 0.1) is 33.8 Å². The lowest BCUT2D eigenvalue weighted by Gasteiger charge is -2.45. The van der Waals surface area contributed by atoms with Crippen molar-refractivity contribution in [2.75, 3.05) is 9.80 Å². The Labute approximate surface area is 477 Å². The van der Waals surface area contributed by atoms with E-state index in [-0.39, 0.29) is 6.71 Å². The van der Waals surface area contributed by atoms with Gasteiger partial charge >= 0.3 is 0 Å². The largest absolute Gasteiger partial charge is 0.311 e. The number of anilines is 6. The van der Waals surface area contributed by atoms with E-state index in [9.17, 15) is 0 Å². The number of benzene rings is 12. The van der Waals surface area contributed by atoms with Crippen molar-refractivity contribution in [1.29, 1.82) is 0 Å². The molecule has 0 N–H and O–H groups in total. The number of aromatic nitrogens is 3. The van der Waals surface area contributed by atoms with Crippen molar-refractivity contribution in [3.05, 3.63) is 303 Å². The zero-order valence-corrected chi connectivity index (χ0v) is 44.7. The maximum atomic E-state index is 5.35. The molecule has 0 radical (unpaired) electrons. The number of para-hydroxylation sites is 5. The molecule has 2 aliphatic rings. The molecular formula is C76H50BN5. The normalized spacial score (nSPS) is 12.3. The van der Waals surface area contributed by atoms with Crippen LogP contribution in [0.3, 0.4) is 0 Å². The van der Waals surface area contributed by atoms with Crippen LogP contribution in [0.25, 0.3) is 94.8 Å². The van der Waals surface area contributed by atoms with Crippen LogP contribution in [0.15, 0.2) is 303 Å². The predicted molar refractivity (Wildman–Crippen MR) is 343 cm³/mol. The first kappa shape index (κ1) is 47.2. The Bertz CT molecular complexity index is 4670. The summed E-state index contributed by atoms with van der Waals surface area (Å²) in [6.07, 6.45) is 0. The van der Waals surface area contributed by atoms with E-state index in [4.69, 9.17) is 9.97 Å². The summed E-state index contributed by atoms with van der Waals surface area (Å²) in [7, 11) is 0. The molecule has 16 rings (SSSR count). The van der Waals surface area contributed by atoms with Gasteiger partial charge in [-0.3, -0.25) is 0 Å². The van der Waals surface area contributed by atoms with E-state index >= 15 is 0 Å². The van der Waals surface area contributed by atoms with Crippen molar-refractivity contribution < 1.29 is 0 Å². The van der Waals surface area contributed by atoms with Crippen molar-refractivity contribution >= 4 is 79.0 Å². The molecule has 6 heteroatoms. The molecular weight excluding hydrogens is 994 g/mol. The van der Waals surface area contributed by atoms with Gasteiger partial charge in [0.1, 0.15) is 0 Å². The molecule has 0 bridgehead atoms. The van der Waals surface area contributed by atoms with Crippen molar-refractivity contribution in [2.24, 2.45) is 0 Å². The molecule has 0 spiro atoms. The minimum absolute atomic E-state index is 0.00319. The molecule has 382 valence electrons. The first-order valence-corrected chi connectivity index (χ1v) is 28.1. The summed E-state index contributed by atoms with van der Waals surface area (Å²) in [5.41, 5.74) is 25.8. The minimum Gasteiger partial charge on any atom is -0.311 e. The van der Waals surface area contributed by atoms with Crippen LogP contribution in [0.5, 0.6) is 0 Å². The van der Waals surface area contributed by atoms with Gasteiger partial charge in [-0.15, -0.1) is 0 Å². The monoisotopic (exact) mass is 1040 g/mol. The van der Waals surface area contributed by atoms with Gasteiger partial charge in [0.2, 0.25) is 0 Å². The Morgan fingerprint density at radius 1 is 0.280 bits per heavy atom. The van der Waals surface area contributed by atoms with Gasteiger partial charge in [-0.2, -0.15) is 0 Å². The molecule has 0 atom stereocenters. The van der Waals surface area contributed by atoms with Gasteiger partial charge < -0.3 is 14.4 Å². The summed E-state index contributed by atoms with van der Waals surface area (Å²) < 4.78 is 2.45. The maximum absolute atomic E-state index is 5.35. The van der Waals surface area contributed by atoms with Gasteiger partial charge in [0, 0.05) is 67.0 Å². The highest BCUT2D eigenvalue weighted by molar-refractivity contribution is 7.00. The fourth-order valence-electron chi connectivity index (χ4n) is 12.9. The predicted octanol–water partition coefficient (Wildman–Crippen LogP) is 17.7. The molecule has 4 heterocycles. The third kappa shape index (κ3) is 7.79. The Kier molecular flexibility index (Phi) is 11.2. The summed E-state index contributed by atoms with van der Waals surface area (Å²) in [4.78, 5) is 15.5. The topological polar surface area (TPSA) is 37.2 Å². The van der Waals surface area contributed by atoms with Crippen molar-refractivity contribution in [1.82, 2.24) is 14.5 Å². The molecule has 82 heavy (non-hydrogen) atoms. The lowest BCUT2D eigenvalue weighted by atomic mass is 9.33. The summed E-state index contributed by atoms with van der Waals surface area (Å²) in [6, 6.07) is 110. The van der Waals surface area contributed by atoms with Crippen LogP contribution in [-0.4, -0.2) is 21.2 Å². The Morgan fingerprint density at radius 2 is 0.768 bits per heavy atom. The van der Waals surface area contributed by atoms with E-state index in [1.54, 1.807) is 0 Å². The first-order valence-electron chi connectivity index (χ1n) is 28.1. The summed E-state index contributed by atoms with van der Waals surface area (Å²) >= 11 is 0. The highest BCUT2D eigenvalue weighted by Crippen LogP contribution is 2.48. The van der Waals surface area contributed by atoms with Crippen LogP contribution in [0.4, 0.5) is 34.1 Å². The highest BCUT2D eigenvalue weighted by atomic mass is 15.2. The minimum atomic E-state index is 0.00319. The zero-order valence-electron chi connectivity index (χ0n) is 44.7. The second-order valence-corrected chi connectivity index (χ2v) is 21.2. The lowest BCUT2D eigenvalue weighted by Crippen LogP contribution is -2.61. The van der Waals surface area contributed by atoms with E-state index in [2.05, 4.69) is 293 Å². The Hall–Kier alpha value is -10.8. The van der Waals surface area contributed by atoms with Crippen LogP contribution >= 0.6 is 0 Å². The quantitative estimate of drug-likeness (QED) is 0.135. The lowest BCUT2D eigenvalue weighted by molar-refractivity contribution is 1.17. The number of fused-ring (bicyclic) bond motifs is 7. The van der Waals surface area contributed by atoms with Gasteiger partial charge in [0.25, 0.3) is 6.71 Å². The SMILES string of the molecule is c1ccc(-c2ccc3c(c2)c2ccccc2n3-c2ccc(-c3cc(-c4ccccc4)nc(-c4ccccc4)n3)cc2-c2ccc(-c3ccc4c5c3N(c3ccccc3)c3ccccc3B5c3ccccc3N4c3ccccc3)cc2)cc1. The maximum Gasteiger partial charge on any atom is 0.252 e. The molecule has 0 aliphatic carbocycles. The number of hydrogen-bond donors (Lipinski definition) is 0. The third-order valence-corrected chi connectivity index (χ3v) is 16.6. The van der Waals surface area contributed by atoms with E-state index in [0.717, 1.165) is 78.4 Å². The number of hydrogen-bond acceptors (Lipinski definition) is 4. The Morgan fingerprint density at radius 3 is 1.44 bits per heavy atom. The van der Waals surface area contributed by atoms with Crippen LogP contribution in [0.1, 0.15) is 0 Å². The summed E-state index contributed by atoms with van der Waals surface area (Å²) in [5, 5.41) is 2.41. The highest BCUT2D eigenvalue weighted by Gasteiger charge is 2.44. The second-order valence-electron chi connectivity index (χ2n) is 21.2.